The van der Waals surface area contributed by atoms with Gasteiger partial charge in [-0.3, -0.25) is 0 Å². The van der Waals surface area contributed by atoms with Crippen LogP contribution in [0.1, 0.15) is 53.9 Å². The Bertz CT molecular complexity index is 735. The first-order valence-corrected chi connectivity index (χ1v) is 24.3. The van der Waals surface area contributed by atoms with E-state index in [1.807, 2.05) is 9.99 Å². The van der Waals surface area contributed by atoms with Gasteiger partial charge in [-0.15, -0.1) is 24.8 Å². The summed E-state index contributed by atoms with van der Waals surface area (Å²) in [6.07, 6.45) is 18.4. The molecule has 0 aromatic heterocycles. The van der Waals surface area contributed by atoms with Crippen LogP contribution in [-0.4, -0.2) is 5.98 Å². The molecule has 3 aliphatic carbocycles. The molecule has 0 saturated heterocycles. The number of allylic oxidation sites excluding steroid dienone is 12. The van der Waals surface area contributed by atoms with Crippen molar-refractivity contribution in [3.8, 4) is 0 Å². The molecule has 0 unspecified atom stereocenters. The molecule has 0 fully saturated rings. The van der Waals surface area contributed by atoms with Crippen molar-refractivity contribution in [1.82, 2.24) is 0 Å². The van der Waals surface area contributed by atoms with Crippen LogP contribution >= 0.6 is 24.8 Å². The van der Waals surface area contributed by atoms with Crippen LogP contribution in [0.25, 0.3) is 0 Å². The van der Waals surface area contributed by atoms with E-state index in [9.17, 15) is 0 Å². The molecular weight excluding hydrogens is 554 g/mol. The Balaban J connectivity index is 0.00000182. The molecule has 3 aliphatic rings. The predicted molar refractivity (Wildman–Crippen MR) is 127 cm³/mol. The minimum absolute atomic E-state index is 0. The molecule has 0 radical (unpaired) electrons. The average Bonchev–Trinajstić information content (AvgIpc) is 3.22. The van der Waals surface area contributed by atoms with Gasteiger partial charge >= 0.3 is 161 Å². The van der Waals surface area contributed by atoms with Gasteiger partial charge in [0, 0.05) is 0 Å². The summed E-state index contributed by atoms with van der Waals surface area (Å²) in [5.74, 6) is -0.839. The zero-order chi connectivity index (χ0) is 18.4. The molecule has 0 amide bonds. The Morgan fingerprint density at radius 2 is 1.15 bits per heavy atom. The van der Waals surface area contributed by atoms with E-state index < -0.39 is 25.1 Å². The number of rotatable bonds is 4. The number of halogens is 2. The molecule has 27 heavy (non-hydrogen) atoms. The van der Waals surface area contributed by atoms with Crippen LogP contribution in [0.2, 0.25) is 13.1 Å². The zero-order valence-corrected chi connectivity index (χ0v) is 24.4. The predicted octanol–water partition coefficient (Wildman–Crippen LogP) is 7.70. The van der Waals surface area contributed by atoms with E-state index in [4.69, 9.17) is 0 Å². The first-order chi connectivity index (χ1) is 11.7. The van der Waals surface area contributed by atoms with Gasteiger partial charge in [0.15, 0.2) is 0 Å². The normalized spacial score (nSPS) is 19.6. The summed E-state index contributed by atoms with van der Waals surface area (Å²) in [5.41, 5.74) is 5.18. The molecule has 0 heterocycles. The third-order valence-electron chi connectivity index (χ3n) is 6.37. The molecule has 0 atom stereocenters. The van der Waals surface area contributed by atoms with Gasteiger partial charge in [0.2, 0.25) is 0 Å². The van der Waals surface area contributed by atoms with Crippen LogP contribution in [0.3, 0.4) is 0 Å². The smallest absolute Gasteiger partial charge is 0.147 e. The largest absolute Gasteiger partial charge is 0.147 e. The second-order valence-electron chi connectivity index (χ2n) is 9.25. The van der Waals surface area contributed by atoms with Crippen molar-refractivity contribution >= 4 is 30.8 Å². The van der Waals surface area contributed by atoms with E-state index in [0.29, 0.717) is 0 Å². The Morgan fingerprint density at radius 1 is 0.741 bits per heavy atom. The van der Waals surface area contributed by atoms with Crippen LogP contribution in [0.5, 0.6) is 0 Å². The first-order valence-electron chi connectivity index (χ1n) is 9.84. The number of hydrogen-bond donors (Lipinski definition) is 0. The summed E-state index contributed by atoms with van der Waals surface area (Å²) in [7, 11) is 0. The fourth-order valence-corrected chi connectivity index (χ4v) is 54.8. The van der Waals surface area contributed by atoms with Crippen molar-refractivity contribution in [2.45, 2.75) is 67.0 Å². The molecule has 0 aromatic carbocycles. The third-order valence-corrected chi connectivity index (χ3v) is 51.6. The fourth-order valence-electron chi connectivity index (χ4n) is 5.35. The first kappa shape index (κ1) is 25.1. The monoisotopic (exact) mass is 590 g/mol. The Hall–Kier alpha value is 0.107. The third kappa shape index (κ3) is 4.20. The molecule has 0 N–H and O–H groups in total. The molecule has 0 aliphatic heterocycles. The molecule has 3 rings (SSSR count). The van der Waals surface area contributed by atoms with Gasteiger partial charge in [-0.1, -0.05) is 0 Å². The minimum atomic E-state index is -2.97. The van der Waals surface area contributed by atoms with Gasteiger partial charge < -0.3 is 0 Å². The van der Waals surface area contributed by atoms with Crippen LogP contribution in [0.15, 0.2) is 63.2 Å². The van der Waals surface area contributed by atoms with Crippen molar-refractivity contribution in [2.24, 2.45) is 5.41 Å². The van der Waals surface area contributed by atoms with Gasteiger partial charge in [-0.25, -0.2) is 0 Å². The van der Waals surface area contributed by atoms with E-state index >= 15 is 0 Å². The van der Waals surface area contributed by atoms with Crippen LogP contribution < -0.4 is 0 Å². The van der Waals surface area contributed by atoms with Gasteiger partial charge in [-0.05, 0) is 0 Å². The van der Waals surface area contributed by atoms with E-state index in [0.717, 1.165) is 0 Å². The fraction of sp³-hybridized carbons (Fsp3) is 0.478. The molecule has 150 valence electrons. The summed E-state index contributed by atoms with van der Waals surface area (Å²) >= 11 is -2.97. The number of hydrogen-bond acceptors (Lipinski definition) is 0. The SMILES string of the molecule is CC1=[C]([Hf]([C]2=C(C)C=CC2)([C]2=C(C(C)(C)C)C=CC2)[SiH](C)C)CC=C1.Cl.Cl. The summed E-state index contributed by atoms with van der Waals surface area (Å²) in [6.45, 7) is 17.4. The Kier molecular flexibility index (Phi) is 8.64. The Morgan fingerprint density at radius 3 is 1.48 bits per heavy atom. The Labute approximate surface area is 184 Å². The van der Waals surface area contributed by atoms with E-state index in [1.54, 1.807) is 16.7 Å². The summed E-state index contributed by atoms with van der Waals surface area (Å²) in [5, 5.41) is 0. The van der Waals surface area contributed by atoms with E-state index in [-0.39, 0.29) is 30.2 Å². The van der Waals surface area contributed by atoms with Gasteiger partial charge in [0.25, 0.3) is 0 Å². The maximum atomic E-state index is 2.67. The second-order valence-corrected chi connectivity index (χ2v) is 43.4. The van der Waals surface area contributed by atoms with Crippen LogP contribution in [-0.2, 0) is 19.1 Å². The molecule has 0 nitrogen and oxygen atoms in total. The summed E-state index contributed by atoms with van der Waals surface area (Å²) in [6, 6.07) is 0. The van der Waals surface area contributed by atoms with Crippen molar-refractivity contribution in [3.63, 3.8) is 0 Å². The second kappa shape index (κ2) is 9.28. The van der Waals surface area contributed by atoms with Crippen molar-refractivity contribution in [1.29, 1.82) is 0 Å². The molecule has 0 bridgehead atoms. The standard InChI is InChI=1S/C9H13.2C6H7.C2H7Si.2ClH.Hf/c1-9(2,3)8-6-4-5-7-8;2*1-6-4-2-3-5-6;1-3-2;;;/h4,6H,5H2,1-3H3;2*2,4H,3H2,1H3;3H,1-2H3;2*1H;. The molecule has 4 heteroatoms. The molecule has 0 saturated carbocycles. The van der Waals surface area contributed by atoms with Crippen molar-refractivity contribution < 1.29 is 19.1 Å². The summed E-state index contributed by atoms with van der Waals surface area (Å²) in [4.78, 5) is 0. The maximum absolute atomic E-state index is 2.97. The van der Waals surface area contributed by atoms with Crippen molar-refractivity contribution in [3.05, 3.63) is 63.2 Å². The molecule has 0 spiro atoms. The van der Waals surface area contributed by atoms with Crippen LogP contribution in [0, 0.1) is 5.41 Å². The summed E-state index contributed by atoms with van der Waals surface area (Å²) < 4.78 is 5.79. The minimum Gasteiger partial charge on any atom is -0.147 e. The van der Waals surface area contributed by atoms with Gasteiger partial charge in [-0.2, -0.15) is 0 Å². The van der Waals surface area contributed by atoms with E-state index in [1.165, 1.54) is 19.3 Å². The van der Waals surface area contributed by atoms with Crippen molar-refractivity contribution in [2.75, 3.05) is 0 Å². The quantitative estimate of drug-likeness (QED) is 0.295. The molecular formula is C23H36Cl2HfSi. The zero-order valence-electron chi connectivity index (χ0n) is 18.0. The average molecular weight is 590 g/mol. The van der Waals surface area contributed by atoms with Gasteiger partial charge in [0.1, 0.15) is 0 Å². The van der Waals surface area contributed by atoms with Gasteiger partial charge in [0.05, 0.1) is 0 Å². The molecule has 0 aromatic rings. The topological polar surface area (TPSA) is 0 Å². The van der Waals surface area contributed by atoms with Crippen LogP contribution in [0.4, 0.5) is 0 Å². The maximum Gasteiger partial charge on any atom is -0.147 e. The van der Waals surface area contributed by atoms with E-state index in [2.05, 4.69) is 84.2 Å².